The van der Waals surface area contributed by atoms with Crippen molar-refractivity contribution < 1.29 is 160 Å². The van der Waals surface area contributed by atoms with Gasteiger partial charge in [0.05, 0.1) is 0 Å². The Morgan fingerprint density at radius 2 is 0.485 bits per heavy atom. The molecule has 0 aliphatic heterocycles. The van der Waals surface area contributed by atoms with Crippen LogP contribution in [0, 0.1) is 0 Å². The van der Waals surface area contributed by atoms with Crippen LogP contribution in [0.1, 0.15) is 0 Å². The topological polar surface area (TPSA) is 322 Å². The van der Waals surface area contributed by atoms with Crippen molar-refractivity contribution in [3.8, 4) is 0 Å². The maximum absolute atomic E-state index is 9.75. The summed E-state index contributed by atoms with van der Waals surface area (Å²) in [6, 6.07) is 0. The monoisotopic (exact) mass is 544 g/mol. The van der Waals surface area contributed by atoms with Gasteiger partial charge in [-0.2, -0.15) is 0 Å². The Kier molecular flexibility index (Phi) is 27.6. The zero-order valence-electron chi connectivity index (χ0n) is 13.6. The summed E-state index contributed by atoms with van der Waals surface area (Å²) in [6.07, 6.45) is 0. The van der Waals surface area contributed by atoms with Crippen molar-refractivity contribution in [2.24, 2.45) is 0 Å². The van der Waals surface area contributed by atoms with Gasteiger partial charge in [0, 0.05) is 60.5 Å². The van der Waals surface area contributed by atoms with Crippen LogP contribution in [0.2, 0.25) is 0 Å². The van der Waals surface area contributed by atoms with Crippen LogP contribution in [0.3, 0.4) is 0 Å². The van der Waals surface area contributed by atoms with Crippen molar-refractivity contribution in [2.45, 2.75) is 0 Å². The average Bonchev–Trinajstić information content (AvgIpc) is 2.80. The summed E-state index contributed by atoms with van der Waals surface area (Å²) in [5.41, 5.74) is 0. The van der Waals surface area contributed by atoms with Crippen LogP contribution in [0.25, 0.3) is 0 Å². The first-order valence-electron chi connectivity index (χ1n) is 5.40. The summed E-state index contributed by atoms with van der Waals surface area (Å²) >= 11 is 0. The highest BCUT2D eigenvalue weighted by Crippen LogP contribution is 2.05. The largest absolute Gasteiger partial charge is 0.498 e. The van der Waals surface area contributed by atoms with E-state index in [-0.39, 0.29) is 0 Å². The van der Waals surface area contributed by atoms with E-state index in [2.05, 4.69) is 146 Å². The molecule has 0 saturated carbocycles. The van der Waals surface area contributed by atoms with Crippen LogP contribution >= 0.6 is 7.91 Å². The van der Waals surface area contributed by atoms with E-state index in [4.69, 9.17) is 5.26 Å². The highest BCUT2D eigenvalue weighted by atomic mass is 31.1. The standard InChI is InChI=1S/HO32P/c1-4-5-6-7-8-9-10-11-12-13-14-15-16-17-18-19-20-21-22-23-24-25-26-27-28-29-30-31-32-33(2)3/h1H. The summed E-state index contributed by atoms with van der Waals surface area (Å²) in [4.78, 5) is 0. The van der Waals surface area contributed by atoms with Crippen LogP contribution < -0.4 is 0 Å². The molecule has 0 rings (SSSR count). The minimum Gasteiger partial charge on any atom is -0.219 e. The summed E-state index contributed by atoms with van der Waals surface area (Å²) in [5.74, 6) is 0. The first-order valence-corrected chi connectivity index (χ1v) is 6.49. The van der Waals surface area contributed by atoms with Crippen molar-refractivity contribution in [3.05, 3.63) is 0 Å². The molecule has 32 nitrogen and oxygen atoms in total. The fourth-order valence-electron chi connectivity index (χ4n) is 0.333. The van der Waals surface area contributed by atoms with Gasteiger partial charge in [0.1, 0.15) is 0 Å². The van der Waals surface area contributed by atoms with E-state index < -0.39 is 7.91 Å². The molecule has 33 heteroatoms. The third-order valence-electron chi connectivity index (χ3n) is 0.844. The smallest absolute Gasteiger partial charge is 0.219 e. The molecule has 0 saturated heterocycles. The fourth-order valence-corrected chi connectivity index (χ4v) is 0.408. The minimum atomic E-state index is -3.38. The highest BCUT2D eigenvalue weighted by molar-refractivity contribution is 7.24. The molecule has 0 radical (unpaired) electrons. The Morgan fingerprint density at radius 3 is 0.667 bits per heavy atom. The van der Waals surface area contributed by atoms with E-state index >= 15 is 0 Å². The van der Waals surface area contributed by atoms with Crippen LogP contribution in [-0.4, -0.2) is 5.26 Å². The van der Waals surface area contributed by atoms with E-state index in [9.17, 15) is 9.13 Å². The first-order chi connectivity index (χ1) is 16.3. The molecule has 1 N–H and O–H groups in total. The van der Waals surface area contributed by atoms with Crippen molar-refractivity contribution in [1.82, 2.24) is 0 Å². The van der Waals surface area contributed by atoms with E-state index in [1.165, 1.54) is 0 Å². The molecule has 0 amide bonds. The molecular weight excluding hydrogens is 543 g/mol. The zero-order chi connectivity index (χ0) is 24.1. The predicted molar refractivity (Wildman–Crippen MR) is 42.4 cm³/mol. The van der Waals surface area contributed by atoms with Crippen LogP contribution in [0.15, 0.2) is 0 Å². The summed E-state index contributed by atoms with van der Waals surface area (Å²) < 4.78 is 22.8. The fraction of sp³-hybridized carbons (Fsp3) is 0. The summed E-state index contributed by atoms with van der Waals surface area (Å²) in [5, 5.41) is 103. The molecule has 0 heterocycles. The Morgan fingerprint density at radius 1 is 0.303 bits per heavy atom. The number of hydrogen-bond donors (Lipinski definition) is 1. The van der Waals surface area contributed by atoms with E-state index in [1.54, 1.807) is 0 Å². The van der Waals surface area contributed by atoms with Crippen molar-refractivity contribution in [1.29, 1.82) is 0 Å². The molecule has 0 unspecified atom stereocenters. The second kappa shape index (κ2) is 28.7. The van der Waals surface area contributed by atoms with E-state index in [1.807, 2.05) is 0 Å². The molecule has 0 aromatic rings. The Bertz CT molecular complexity index is 401. The molecule has 198 valence electrons. The number of hydrogen-bond acceptors (Lipinski definition) is 32. The van der Waals surface area contributed by atoms with Gasteiger partial charge in [-0.3, -0.25) is 0 Å². The lowest BCUT2D eigenvalue weighted by molar-refractivity contribution is -0.904. The third kappa shape index (κ3) is 30.7. The number of rotatable bonds is 29. The van der Waals surface area contributed by atoms with Gasteiger partial charge < -0.3 is 0 Å². The van der Waals surface area contributed by atoms with Gasteiger partial charge in [-0.25, -0.2) is 14.4 Å². The van der Waals surface area contributed by atoms with Gasteiger partial charge in [0.2, 0.25) is 0 Å². The van der Waals surface area contributed by atoms with Crippen LogP contribution in [0.4, 0.5) is 0 Å². The minimum absolute atomic E-state index is 2.87. The summed E-state index contributed by atoms with van der Waals surface area (Å²) in [7, 11) is -3.38. The zero-order valence-corrected chi connectivity index (χ0v) is 14.4. The Hall–Kier alpha value is -1.30. The summed E-state index contributed by atoms with van der Waals surface area (Å²) in [6.45, 7) is 0. The van der Waals surface area contributed by atoms with Gasteiger partial charge in [-0.15, -0.1) is 0 Å². The second-order valence-corrected chi connectivity index (χ2v) is 2.81. The van der Waals surface area contributed by atoms with Gasteiger partial charge in [0.25, 0.3) is 0 Å². The van der Waals surface area contributed by atoms with Crippen LogP contribution in [0.5, 0.6) is 0 Å². The molecule has 0 aliphatic rings. The molecule has 0 aliphatic carbocycles. The van der Waals surface area contributed by atoms with Gasteiger partial charge in [-0.1, -0.05) is 4.67 Å². The van der Waals surface area contributed by atoms with Crippen LogP contribution in [-0.2, 0) is 155 Å². The molecule has 0 spiro atoms. The van der Waals surface area contributed by atoms with E-state index in [0.717, 1.165) is 0 Å². The second-order valence-electron chi connectivity index (χ2n) is 2.21. The lowest BCUT2D eigenvalue weighted by atomic mass is 14.0. The molecule has 0 aromatic carbocycles. The molecule has 0 fully saturated rings. The lowest BCUT2D eigenvalue weighted by Crippen LogP contribution is -2.06. The van der Waals surface area contributed by atoms with Crippen molar-refractivity contribution in [2.75, 3.05) is 0 Å². The Labute approximate surface area is 169 Å². The van der Waals surface area contributed by atoms with Gasteiger partial charge >= 0.3 is 7.91 Å². The van der Waals surface area contributed by atoms with Crippen molar-refractivity contribution >= 4 is 7.91 Å². The maximum Gasteiger partial charge on any atom is 0.498 e. The molecule has 0 aromatic heterocycles. The molecule has 0 atom stereocenters. The first kappa shape index (κ1) is 31.7. The Balaban J connectivity index is 3.01. The van der Waals surface area contributed by atoms with Crippen molar-refractivity contribution in [3.63, 3.8) is 0 Å². The normalized spacial score (nSPS) is 11.3. The highest BCUT2D eigenvalue weighted by Gasteiger charge is 2.02. The molecular formula is HO32P. The quantitative estimate of drug-likeness (QED) is 0.0492. The average molecular weight is 544 g/mol. The third-order valence-corrected chi connectivity index (χ3v) is 1.03. The van der Waals surface area contributed by atoms with Gasteiger partial charge in [-0.05, 0) is 80.6 Å². The SMILES string of the molecule is O=P(=O)OOOOOOOOOOOOOOOOOOOOOOOOOOOOOO. The van der Waals surface area contributed by atoms with E-state index in [0.29, 0.717) is 0 Å². The lowest BCUT2D eigenvalue weighted by Gasteiger charge is -1.99. The predicted octanol–water partition coefficient (Wildman–Crippen LogP) is -1.35. The molecule has 0 bridgehead atoms. The van der Waals surface area contributed by atoms with Gasteiger partial charge in [0.15, 0.2) is 0 Å². The molecule has 33 heavy (non-hydrogen) atoms. The maximum atomic E-state index is 9.75.